The molecule has 1 aromatic heterocycles. The maximum Gasteiger partial charge on any atom is 0.246 e. The highest BCUT2D eigenvalue weighted by Gasteiger charge is 2.30. The Balaban J connectivity index is 1.70. The summed E-state index contributed by atoms with van der Waals surface area (Å²) in [7, 11) is 1.73. The predicted molar refractivity (Wildman–Crippen MR) is 72.2 cm³/mol. The highest BCUT2D eigenvalue weighted by atomic mass is 16.5. The lowest BCUT2D eigenvalue weighted by molar-refractivity contribution is 0.0273. The molecule has 1 aliphatic carbocycles. The second-order valence-corrected chi connectivity index (χ2v) is 5.63. The normalized spacial score (nSPS) is 26.6. The molecule has 0 radical (unpaired) electrons. The Bertz CT molecular complexity index is 412. The van der Waals surface area contributed by atoms with Gasteiger partial charge in [0.1, 0.15) is 12.1 Å². The number of hydrogen-bond donors (Lipinski definition) is 1. The standard InChI is InChI=1S/C14H23N3O3/c1-18-12(10-5-3-2-4-6-10)13-16-14(20-17-13)11-9-19-8-7-15-11/h10-12,15H,2-9H2,1H3. The Morgan fingerprint density at radius 1 is 1.30 bits per heavy atom. The number of rotatable bonds is 4. The smallest absolute Gasteiger partial charge is 0.246 e. The molecule has 2 unspecified atom stereocenters. The van der Waals surface area contributed by atoms with Crippen LogP contribution in [-0.2, 0) is 9.47 Å². The summed E-state index contributed by atoms with van der Waals surface area (Å²) in [6.07, 6.45) is 6.20. The largest absolute Gasteiger partial charge is 0.378 e. The number of nitrogens with one attached hydrogen (secondary N) is 1. The summed E-state index contributed by atoms with van der Waals surface area (Å²) < 4.78 is 16.5. The van der Waals surface area contributed by atoms with Crippen LogP contribution in [-0.4, -0.2) is 37.0 Å². The first kappa shape index (κ1) is 14.0. The summed E-state index contributed by atoms with van der Waals surface area (Å²) in [4.78, 5) is 4.54. The summed E-state index contributed by atoms with van der Waals surface area (Å²) >= 11 is 0. The van der Waals surface area contributed by atoms with Crippen LogP contribution in [0.5, 0.6) is 0 Å². The van der Waals surface area contributed by atoms with E-state index < -0.39 is 0 Å². The van der Waals surface area contributed by atoms with Crippen LogP contribution in [0.1, 0.15) is 56.0 Å². The van der Waals surface area contributed by atoms with E-state index in [0.29, 0.717) is 24.2 Å². The van der Waals surface area contributed by atoms with Gasteiger partial charge in [-0.25, -0.2) is 0 Å². The van der Waals surface area contributed by atoms with Crippen molar-refractivity contribution in [1.82, 2.24) is 15.5 Å². The first-order valence-corrected chi connectivity index (χ1v) is 7.56. The van der Waals surface area contributed by atoms with E-state index in [1.807, 2.05) is 0 Å². The van der Waals surface area contributed by atoms with Crippen molar-refractivity contribution in [2.75, 3.05) is 26.9 Å². The number of methoxy groups -OCH3 is 1. The van der Waals surface area contributed by atoms with Crippen LogP contribution in [0.15, 0.2) is 4.52 Å². The van der Waals surface area contributed by atoms with Crippen molar-refractivity contribution >= 4 is 0 Å². The zero-order valence-corrected chi connectivity index (χ0v) is 12.0. The second-order valence-electron chi connectivity index (χ2n) is 5.63. The van der Waals surface area contributed by atoms with Crippen LogP contribution in [0.25, 0.3) is 0 Å². The molecule has 2 aliphatic rings. The Morgan fingerprint density at radius 2 is 2.15 bits per heavy atom. The summed E-state index contributed by atoms with van der Waals surface area (Å²) in [5.41, 5.74) is 0. The van der Waals surface area contributed by atoms with Gasteiger partial charge in [-0.3, -0.25) is 0 Å². The van der Waals surface area contributed by atoms with Crippen LogP contribution in [0.3, 0.4) is 0 Å². The lowest BCUT2D eigenvalue weighted by atomic mass is 9.85. The SMILES string of the molecule is COC(c1noc(C2COCCN2)n1)C1CCCCC1. The summed E-state index contributed by atoms with van der Waals surface area (Å²) in [6.45, 7) is 2.14. The van der Waals surface area contributed by atoms with E-state index >= 15 is 0 Å². The maximum atomic E-state index is 5.64. The molecule has 0 spiro atoms. The van der Waals surface area contributed by atoms with Gasteiger partial charge in [0.05, 0.1) is 13.2 Å². The van der Waals surface area contributed by atoms with Crippen molar-refractivity contribution in [3.05, 3.63) is 11.7 Å². The van der Waals surface area contributed by atoms with E-state index in [-0.39, 0.29) is 12.1 Å². The van der Waals surface area contributed by atoms with Gasteiger partial charge in [0.2, 0.25) is 11.7 Å². The van der Waals surface area contributed by atoms with E-state index in [1.54, 1.807) is 7.11 Å². The number of morpholine rings is 1. The van der Waals surface area contributed by atoms with Crippen molar-refractivity contribution in [3.8, 4) is 0 Å². The molecule has 1 saturated heterocycles. The summed E-state index contributed by atoms with van der Waals surface area (Å²) in [5, 5.41) is 7.45. The number of hydrogen-bond acceptors (Lipinski definition) is 6. The van der Waals surface area contributed by atoms with Crippen molar-refractivity contribution in [1.29, 1.82) is 0 Å². The topological polar surface area (TPSA) is 69.4 Å². The highest BCUT2D eigenvalue weighted by Crippen LogP contribution is 2.35. The van der Waals surface area contributed by atoms with Gasteiger partial charge in [-0.05, 0) is 18.8 Å². The fraction of sp³-hybridized carbons (Fsp3) is 0.857. The molecule has 1 saturated carbocycles. The molecule has 1 aliphatic heterocycles. The Hall–Kier alpha value is -0.980. The quantitative estimate of drug-likeness (QED) is 0.910. The average Bonchev–Trinajstić information content (AvgIpc) is 3.00. The minimum absolute atomic E-state index is 0.00821. The van der Waals surface area contributed by atoms with Gasteiger partial charge in [0, 0.05) is 13.7 Å². The molecule has 20 heavy (non-hydrogen) atoms. The third kappa shape index (κ3) is 3.02. The van der Waals surface area contributed by atoms with Crippen LogP contribution < -0.4 is 5.32 Å². The number of aromatic nitrogens is 2. The van der Waals surface area contributed by atoms with Gasteiger partial charge in [-0.15, -0.1) is 0 Å². The summed E-state index contributed by atoms with van der Waals surface area (Å²) in [5.74, 6) is 1.80. The second kappa shape index (κ2) is 6.65. The highest BCUT2D eigenvalue weighted by molar-refractivity contribution is 4.99. The van der Waals surface area contributed by atoms with Crippen molar-refractivity contribution in [2.24, 2.45) is 5.92 Å². The van der Waals surface area contributed by atoms with Gasteiger partial charge >= 0.3 is 0 Å². The monoisotopic (exact) mass is 281 g/mol. The minimum atomic E-state index is -0.0442. The molecule has 0 bridgehead atoms. The van der Waals surface area contributed by atoms with Crippen LogP contribution in [0.4, 0.5) is 0 Å². The molecule has 0 aromatic carbocycles. The fourth-order valence-corrected chi connectivity index (χ4v) is 3.17. The van der Waals surface area contributed by atoms with E-state index in [2.05, 4.69) is 15.5 Å². The number of nitrogens with zero attached hydrogens (tertiary/aromatic N) is 2. The van der Waals surface area contributed by atoms with Crippen molar-refractivity contribution in [2.45, 2.75) is 44.2 Å². The molecule has 2 fully saturated rings. The molecule has 6 heteroatoms. The first-order valence-electron chi connectivity index (χ1n) is 7.56. The molecule has 6 nitrogen and oxygen atoms in total. The molecule has 0 amide bonds. The minimum Gasteiger partial charge on any atom is -0.378 e. The van der Waals surface area contributed by atoms with Gasteiger partial charge in [0.15, 0.2) is 0 Å². The third-order valence-electron chi connectivity index (χ3n) is 4.26. The maximum absolute atomic E-state index is 5.64. The average molecular weight is 281 g/mol. The fourth-order valence-electron chi connectivity index (χ4n) is 3.17. The van der Waals surface area contributed by atoms with Crippen molar-refractivity contribution in [3.63, 3.8) is 0 Å². The molecular formula is C14H23N3O3. The van der Waals surface area contributed by atoms with Gasteiger partial charge in [-0.2, -0.15) is 4.98 Å². The molecule has 2 atom stereocenters. The van der Waals surface area contributed by atoms with E-state index in [9.17, 15) is 0 Å². The Kier molecular flexibility index (Phi) is 4.65. The predicted octanol–water partition coefficient (Wildman–Crippen LogP) is 2.00. The Labute approximate surface area is 119 Å². The molecule has 1 N–H and O–H groups in total. The van der Waals surface area contributed by atoms with E-state index in [1.165, 1.54) is 32.1 Å². The van der Waals surface area contributed by atoms with Gasteiger partial charge in [-0.1, -0.05) is 24.4 Å². The van der Waals surface area contributed by atoms with Gasteiger partial charge < -0.3 is 19.3 Å². The van der Waals surface area contributed by atoms with Crippen LogP contribution in [0, 0.1) is 5.92 Å². The molecule has 3 rings (SSSR count). The zero-order valence-electron chi connectivity index (χ0n) is 12.0. The number of ether oxygens (including phenoxy) is 2. The zero-order chi connectivity index (χ0) is 13.8. The lowest BCUT2D eigenvalue weighted by Crippen LogP contribution is -2.34. The van der Waals surface area contributed by atoms with Crippen LogP contribution in [0.2, 0.25) is 0 Å². The molecule has 2 heterocycles. The van der Waals surface area contributed by atoms with Gasteiger partial charge in [0.25, 0.3) is 0 Å². The lowest BCUT2D eigenvalue weighted by Gasteiger charge is -2.27. The molecule has 112 valence electrons. The van der Waals surface area contributed by atoms with Crippen molar-refractivity contribution < 1.29 is 14.0 Å². The third-order valence-corrected chi connectivity index (χ3v) is 4.26. The molecular weight excluding hydrogens is 258 g/mol. The Morgan fingerprint density at radius 3 is 2.85 bits per heavy atom. The van der Waals surface area contributed by atoms with E-state index in [4.69, 9.17) is 14.0 Å². The van der Waals surface area contributed by atoms with Crippen LogP contribution >= 0.6 is 0 Å². The molecule has 1 aromatic rings. The first-order chi connectivity index (χ1) is 9.88. The van der Waals surface area contributed by atoms with E-state index in [0.717, 1.165) is 13.2 Å². The summed E-state index contributed by atoms with van der Waals surface area (Å²) in [6, 6.07) is 0.00821.